The molecule has 6 atom stereocenters. The van der Waals surface area contributed by atoms with Crippen molar-refractivity contribution in [3.63, 3.8) is 0 Å². The van der Waals surface area contributed by atoms with Gasteiger partial charge in [0.15, 0.2) is 0 Å². The molecule has 5 rings (SSSR count). The first kappa shape index (κ1) is 19.9. The number of hydrazine groups is 3. The molecule has 6 unspecified atom stereocenters. The van der Waals surface area contributed by atoms with E-state index in [9.17, 15) is 4.79 Å². The molecule has 0 aromatic rings. The normalized spacial score (nSPS) is 40.7. The van der Waals surface area contributed by atoms with Gasteiger partial charge < -0.3 is 5.32 Å². The van der Waals surface area contributed by atoms with Gasteiger partial charge in [0.1, 0.15) is 6.17 Å². The fraction of sp³-hybridized carbons (Fsp3) is 0.864. The van der Waals surface area contributed by atoms with E-state index in [1.165, 1.54) is 51.4 Å². The highest BCUT2D eigenvalue weighted by Gasteiger charge is 2.47. The molecule has 3 aliphatic heterocycles. The van der Waals surface area contributed by atoms with Gasteiger partial charge in [0.2, 0.25) is 5.91 Å². The number of carbonyl (C=O) groups is 1. The Morgan fingerprint density at radius 2 is 1.72 bits per heavy atom. The molecule has 1 amide bonds. The van der Waals surface area contributed by atoms with Crippen molar-refractivity contribution >= 4 is 5.91 Å². The molecule has 7 heteroatoms. The number of rotatable bonds is 4. The third-order valence-corrected chi connectivity index (χ3v) is 8.27. The first-order chi connectivity index (χ1) is 14.1. The van der Waals surface area contributed by atoms with Gasteiger partial charge in [-0.1, -0.05) is 32.8 Å². The Labute approximate surface area is 174 Å². The summed E-state index contributed by atoms with van der Waals surface area (Å²) in [6.07, 6.45) is 12.4. The van der Waals surface area contributed by atoms with Crippen LogP contribution < -0.4 is 21.8 Å². The van der Waals surface area contributed by atoms with Crippen LogP contribution in [-0.2, 0) is 4.79 Å². The zero-order chi connectivity index (χ0) is 20.0. The molecule has 7 nitrogen and oxygen atoms in total. The molecule has 29 heavy (non-hydrogen) atoms. The first-order valence-electron chi connectivity index (χ1n) is 11.9. The second kappa shape index (κ2) is 8.27. The van der Waals surface area contributed by atoms with Crippen molar-refractivity contribution < 1.29 is 4.79 Å². The van der Waals surface area contributed by atoms with Gasteiger partial charge in [0.25, 0.3) is 0 Å². The Bertz CT molecular complexity index is 641. The molecule has 0 aromatic heterocycles. The average molecular weight is 403 g/mol. The highest BCUT2D eigenvalue weighted by Crippen LogP contribution is 2.39. The van der Waals surface area contributed by atoms with E-state index >= 15 is 0 Å². The maximum atomic E-state index is 13.4. The molecule has 4 fully saturated rings. The van der Waals surface area contributed by atoms with E-state index < -0.39 is 0 Å². The van der Waals surface area contributed by atoms with Gasteiger partial charge in [-0.25, -0.2) is 10.4 Å². The third-order valence-electron chi connectivity index (χ3n) is 8.27. The van der Waals surface area contributed by atoms with Crippen LogP contribution in [0, 0.1) is 17.8 Å². The predicted octanol–water partition coefficient (Wildman–Crippen LogP) is 1.66. The number of likely N-dealkylation sites (tertiary alicyclic amines) is 1. The molecule has 2 saturated carbocycles. The van der Waals surface area contributed by atoms with Gasteiger partial charge in [-0.15, -0.1) is 0 Å². The minimum Gasteiger partial charge on any atom is -0.349 e. The van der Waals surface area contributed by atoms with Crippen molar-refractivity contribution in [1.82, 2.24) is 31.7 Å². The number of fused-ring (bicyclic) bond motifs is 1. The summed E-state index contributed by atoms with van der Waals surface area (Å²) in [6.45, 7) is 6.81. The minimum absolute atomic E-state index is 0.0704. The number of carbonyl (C=O) groups excluding carboxylic acids is 1. The standard InChI is InChI=1S/C22H38N6O/c1-14-9-10-15(2)19-17(14)13-18(22(29)23-19)20(27-11-5-6-12-27)21-24-25-26-28(21)16-7-3-4-8-16/h13-17,19-21,24-26H,3-12H2,1-2H3,(H,23,29). The summed E-state index contributed by atoms with van der Waals surface area (Å²) in [5.74, 6) is 1.80. The lowest BCUT2D eigenvalue weighted by atomic mass is 9.69. The van der Waals surface area contributed by atoms with Crippen LogP contribution in [0.2, 0.25) is 0 Å². The fourth-order valence-corrected chi connectivity index (χ4v) is 6.52. The second-order valence-electron chi connectivity index (χ2n) is 10.1. The van der Waals surface area contributed by atoms with Crippen LogP contribution in [0.3, 0.4) is 0 Å². The van der Waals surface area contributed by atoms with Crippen molar-refractivity contribution in [1.29, 1.82) is 0 Å². The number of hydrogen-bond donors (Lipinski definition) is 4. The van der Waals surface area contributed by atoms with Crippen molar-refractivity contribution in [2.24, 2.45) is 17.8 Å². The van der Waals surface area contributed by atoms with E-state index in [0.29, 0.717) is 29.8 Å². The lowest BCUT2D eigenvalue weighted by molar-refractivity contribution is -0.121. The van der Waals surface area contributed by atoms with Crippen LogP contribution in [0.1, 0.15) is 65.2 Å². The van der Waals surface area contributed by atoms with Gasteiger partial charge in [-0.05, 0) is 63.5 Å². The van der Waals surface area contributed by atoms with Gasteiger partial charge >= 0.3 is 0 Å². The number of amides is 1. The Kier molecular flexibility index (Phi) is 5.69. The van der Waals surface area contributed by atoms with Crippen LogP contribution in [-0.4, -0.2) is 53.2 Å². The topological polar surface area (TPSA) is 71.7 Å². The highest BCUT2D eigenvalue weighted by atomic mass is 16.2. The molecule has 3 heterocycles. The van der Waals surface area contributed by atoms with Gasteiger partial charge in [0.05, 0.1) is 6.04 Å². The summed E-state index contributed by atoms with van der Waals surface area (Å²) in [4.78, 5) is 15.9. The Balaban J connectivity index is 1.48. The molecule has 5 aliphatic rings. The predicted molar refractivity (Wildman–Crippen MR) is 113 cm³/mol. The molecule has 4 N–H and O–H groups in total. The van der Waals surface area contributed by atoms with E-state index in [1.807, 2.05) is 0 Å². The van der Waals surface area contributed by atoms with Gasteiger partial charge in [-0.3, -0.25) is 9.69 Å². The third kappa shape index (κ3) is 3.65. The summed E-state index contributed by atoms with van der Waals surface area (Å²) in [7, 11) is 0. The monoisotopic (exact) mass is 402 g/mol. The molecule has 0 radical (unpaired) electrons. The Morgan fingerprint density at radius 1 is 1.00 bits per heavy atom. The highest BCUT2D eigenvalue weighted by molar-refractivity contribution is 5.96. The van der Waals surface area contributed by atoms with Crippen molar-refractivity contribution in [3.8, 4) is 0 Å². The molecule has 0 spiro atoms. The van der Waals surface area contributed by atoms with Crippen LogP contribution in [0.25, 0.3) is 0 Å². The number of nitrogens with one attached hydrogen (secondary N) is 4. The van der Waals surface area contributed by atoms with Crippen LogP contribution in [0.4, 0.5) is 0 Å². The molecule has 0 bridgehead atoms. The molecule has 162 valence electrons. The minimum atomic E-state index is 0.0704. The summed E-state index contributed by atoms with van der Waals surface area (Å²) in [6, 6.07) is 0.903. The van der Waals surface area contributed by atoms with Gasteiger partial charge in [-0.2, -0.15) is 11.1 Å². The van der Waals surface area contributed by atoms with E-state index in [-0.39, 0.29) is 18.1 Å². The lowest BCUT2D eigenvalue weighted by Crippen LogP contribution is -2.61. The quantitative estimate of drug-likeness (QED) is 0.573. The number of nitrogens with zero attached hydrogens (tertiary/aromatic N) is 2. The molecular weight excluding hydrogens is 364 g/mol. The number of hydrogen-bond acceptors (Lipinski definition) is 6. The van der Waals surface area contributed by atoms with E-state index in [4.69, 9.17) is 0 Å². The summed E-state index contributed by atoms with van der Waals surface area (Å²) >= 11 is 0. The van der Waals surface area contributed by atoms with E-state index in [1.54, 1.807) is 0 Å². The van der Waals surface area contributed by atoms with Crippen molar-refractivity contribution in [2.45, 2.75) is 89.5 Å². The van der Waals surface area contributed by atoms with Crippen LogP contribution in [0.5, 0.6) is 0 Å². The van der Waals surface area contributed by atoms with E-state index in [2.05, 4.69) is 51.6 Å². The summed E-state index contributed by atoms with van der Waals surface area (Å²) in [5.41, 5.74) is 11.0. The van der Waals surface area contributed by atoms with Crippen LogP contribution in [0.15, 0.2) is 11.6 Å². The van der Waals surface area contributed by atoms with Crippen molar-refractivity contribution in [3.05, 3.63) is 11.6 Å². The Morgan fingerprint density at radius 3 is 2.48 bits per heavy atom. The fourth-order valence-electron chi connectivity index (χ4n) is 6.52. The summed E-state index contributed by atoms with van der Waals surface area (Å²) in [5, 5.41) is 5.80. The molecule has 2 aliphatic carbocycles. The average Bonchev–Trinajstić information content (AvgIpc) is 3.47. The maximum absolute atomic E-state index is 13.4. The second-order valence-corrected chi connectivity index (χ2v) is 10.1. The largest absolute Gasteiger partial charge is 0.349 e. The zero-order valence-corrected chi connectivity index (χ0v) is 18.0. The Hall–Kier alpha value is -0.990. The van der Waals surface area contributed by atoms with Crippen molar-refractivity contribution in [2.75, 3.05) is 13.1 Å². The summed E-state index contributed by atoms with van der Waals surface area (Å²) < 4.78 is 0. The van der Waals surface area contributed by atoms with Gasteiger partial charge in [0, 0.05) is 23.6 Å². The first-order valence-corrected chi connectivity index (χ1v) is 11.9. The zero-order valence-electron chi connectivity index (χ0n) is 18.0. The maximum Gasteiger partial charge on any atom is 0.248 e. The molecular formula is C22H38N6O. The molecule has 2 saturated heterocycles. The smallest absolute Gasteiger partial charge is 0.248 e. The lowest BCUT2D eigenvalue weighted by Gasteiger charge is -2.46. The van der Waals surface area contributed by atoms with Crippen LogP contribution >= 0.6 is 0 Å². The van der Waals surface area contributed by atoms with E-state index in [0.717, 1.165) is 18.7 Å². The SMILES string of the molecule is CC1CCC(C)C2NC(=O)C(C(C3NNNN3C3CCCC3)N3CCCC3)=CC12. The molecule has 0 aromatic carbocycles.